The van der Waals surface area contributed by atoms with Crippen LogP contribution in [0.15, 0.2) is 22.7 Å². The third-order valence-electron chi connectivity index (χ3n) is 2.88. The number of nitrogens with one attached hydrogen (secondary N) is 1. The van der Waals surface area contributed by atoms with E-state index in [9.17, 15) is 9.59 Å². The van der Waals surface area contributed by atoms with Crippen molar-refractivity contribution in [3.63, 3.8) is 0 Å². The predicted octanol–water partition coefficient (Wildman–Crippen LogP) is 3.13. The van der Waals surface area contributed by atoms with Crippen LogP contribution in [0.3, 0.4) is 0 Å². The van der Waals surface area contributed by atoms with Crippen molar-refractivity contribution < 1.29 is 14.7 Å². The Hall–Kier alpha value is -1.36. The van der Waals surface area contributed by atoms with Gasteiger partial charge in [-0.25, -0.2) is 4.79 Å². The Morgan fingerprint density at radius 2 is 2.11 bits per heavy atom. The van der Waals surface area contributed by atoms with Crippen LogP contribution in [0, 0.1) is 6.92 Å². The van der Waals surface area contributed by atoms with Gasteiger partial charge in [-0.2, -0.15) is 0 Å². The molecule has 0 fully saturated rings. The fourth-order valence-corrected chi connectivity index (χ4v) is 2.26. The van der Waals surface area contributed by atoms with Gasteiger partial charge in [-0.05, 0) is 37.1 Å². The van der Waals surface area contributed by atoms with Crippen LogP contribution in [-0.4, -0.2) is 23.0 Å². The largest absolute Gasteiger partial charge is 0.480 e. The highest BCUT2D eigenvalue weighted by Gasteiger charge is 2.20. The molecule has 0 saturated heterocycles. The smallest absolute Gasteiger partial charge is 0.326 e. The SMILES string of the molecule is CCCC[C@H](NC(=O)c1ccc(Br)cc1C)C(=O)O. The van der Waals surface area contributed by atoms with Crippen LogP contribution < -0.4 is 5.32 Å². The molecule has 0 radical (unpaired) electrons. The first-order chi connectivity index (χ1) is 8.95. The summed E-state index contributed by atoms with van der Waals surface area (Å²) < 4.78 is 0.891. The summed E-state index contributed by atoms with van der Waals surface area (Å²) in [7, 11) is 0. The zero-order chi connectivity index (χ0) is 14.4. The van der Waals surface area contributed by atoms with Gasteiger partial charge in [0, 0.05) is 10.0 Å². The van der Waals surface area contributed by atoms with Crippen LogP contribution in [0.4, 0.5) is 0 Å². The number of benzene rings is 1. The quantitative estimate of drug-likeness (QED) is 0.843. The third-order valence-corrected chi connectivity index (χ3v) is 3.38. The van der Waals surface area contributed by atoms with E-state index in [1.807, 2.05) is 19.9 Å². The second kappa shape index (κ2) is 7.28. The van der Waals surface area contributed by atoms with Crippen LogP contribution in [-0.2, 0) is 4.79 Å². The van der Waals surface area contributed by atoms with Gasteiger partial charge in [0.2, 0.25) is 0 Å². The summed E-state index contributed by atoms with van der Waals surface area (Å²) in [5.41, 5.74) is 1.32. The van der Waals surface area contributed by atoms with Crippen molar-refractivity contribution in [2.75, 3.05) is 0 Å². The van der Waals surface area contributed by atoms with Crippen molar-refractivity contribution in [2.24, 2.45) is 0 Å². The number of rotatable bonds is 6. The zero-order valence-corrected chi connectivity index (χ0v) is 12.7. The third kappa shape index (κ3) is 4.67. The number of carbonyl (C=O) groups excluding carboxylic acids is 1. The van der Waals surface area contributed by atoms with Crippen molar-refractivity contribution >= 4 is 27.8 Å². The fourth-order valence-electron chi connectivity index (χ4n) is 1.78. The molecule has 19 heavy (non-hydrogen) atoms. The zero-order valence-electron chi connectivity index (χ0n) is 11.1. The monoisotopic (exact) mass is 327 g/mol. The summed E-state index contributed by atoms with van der Waals surface area (Å²) in [6, 6.07) is 4.46. The number of amides is 1. The lowest BCUT2D eigenvalue weighted by molar-refractivity contribution is -0.139. The van der Waals surface area contributed by atoms with E-state index in [-0.39, 0.29) is 5.91 Å². The molecule has 5 heteroatoms. The van der Waals surface area contributed by atoms with Gasteiger partial charge in [-0.15, -0.1) is 0 Å². The number of halogens is 1. The number of aryl methyl sites for hydroxylation is 1. The Balaban J connectivity index is 2.78. The number of unbranched alkanes of at least 4 members (excludes halogenated alkanes) is 1. The number of aliphatic carboxylic acids is 1. The van der Waals surface area contributed by atoms with Crippen molar-refractivity contribution in [3.8, 4) is 0 Å². The van der Waals surface area contributed by atoms with Gasteiger partial charge in [0.1, 0.15) is 6.04 Å². The maximum atomic E-state index is 12.1. The van der Waals surface area contributed by atoms with Gasteiger partial charge in [0.15, 0.2) is 0 Å². The second-order valence-corrected chi connectivity index (χ2v) is 5.38. The van der Waals surface area contributed by atoms with Crippen LogP contribution >= 0.6 is 15.9 Å². The maximum absolute atomic E-state index is 12.1. The van der Waals surface area contributed by atoms with Crippen LogP contribution in [0.5, 0.6) is 0 Å². The first-order valence-electron chi connectivity index (χ1n) is 6.25. The highest BCUT2D eigenvalue weighted by molar-refractivity contribution is 9.10. The second-order valence-electron chi connectivity index (χ2n) is 4.47. The van der Waals surface area contributed by atoms with E-state index in [1.165, 1.54) is 0 Å². The summed E-state index contributed by atoms with van der Waals surface area (Å²) in [5, 5.41) is 11.7. The molecule has 0 unspecified atom stereocenters. The molecular weight excluding hydrogens is 310 g/mol. The molecule has 1 aromatic carbocycles. The van der Waals surface area contributed by atoms with Crippen molar-refractivity contribution in [3.05, 3.63) is 33.8 Å². The highest BCUT2D eigenvalue weighted by atomic mass is 79.9. The number of carbonyl (C=O) groups is 2. The van der Waals surface area contributed by atoms with Crippen molar-refractivity contribution in [2.45, 2.75) is 39.2 Å². The van der Waals surface area contributed by atoms with Crippen LogP contribution in [0.25, 0.3) is 0 Å². The van der Waals surface area contributed by atoms with E-state index in [2.05, 4.69) is 21.2 Å². The normalized spacial score (nSPS) is 11.9. The van der Waals surface area contributed by atoms with Gasteiger partial charge < -0.3 is 10.4 Å². The molecule has 0 saturated carbocycles. The Morgan fingerprint density at radius 3 is 2.63 bits per heavy atom. The van der Waals surface area contributed by atoms with E-state index in [4.69, 9.17) is 5.11 Å². The average molecular weight is 328 g/mol. The molecule has 1 rings (SSSR count). The molecule has 1 amide bonds. The minimum absolute atomic E-state index is 0.339. The molecule has 1 aromatic rings. The lowest BCUT2D eigenvalue weighted by Gasteiger charge is -2.15. The summed E-state index contributed by atoms with van der Waals surface area (Å²) >= 11 is 3.33. The standard InChI is InChI=1S/C14H18BrNO3/c1-3-4-5-12(14(18)19)16-13(17)11-7-6-10(15)8-9(11)2/h6-8,12H,3-5H2,1-2H3,(H,16,17)(H,18,19)/t12-/m0/s1. The summed E-state index contributed by atoms with van der Waals surface area (Å²) in [5.74, 6) is -1.33. The average Bonchev–Trinajstić information content (AvgIpc) is 2.33. The van der Waals surface area contributed by atoms with Crippen LogP contribution in [0.2, 0.25) is 0 Å². The number of hydrogen-bond donors (Lipinski definition) is 2. The summed E-state index contributed by atoms with van der Waals surface area (Å²) in [6.45, 7) is 3.81. The minimum atomic E-state index is -0.989. The van der Waals surface area contributed by atoms with Gasteiger partial charge in [-0.3, -0.25) is 4.79 Å². The molecular formula is C14H18BrNO3. The lowest BCUT2D eigenvalue weighted by atomic mass is 10.1. The van der Waals surface area contributed by atoms with Gasteiger partial charge >= 0.3 is 5.97 Å². The molecule has 1 atom stereocenters. The number of hydrogen-bond acceptors (Lipinski definition) is 2. The minimum Gasteiger partial charge on any atom is -0.480 e. The molecule has 0 heterocycles. The molecule has 0 bridgehead atoms. The fraction of sp³-hybridized carbons (Fsp3) is 0.429. The summed E-state index contributed by atoms with van der Waals surface area (Å²) in [4.78, 5) is 23.2. The Labute approximate surface area is 121 Å². The van der Waals surface area contributed by atoms with E-state index in [0.29, 0.717) is 12.0 Å². The van der Waals surface area contributed by atoms with E-state index >= 15 is 0 Å². The number of carboxylic acid groups (broad SMARTS) is 1. The van der Waals surface area contributed by atoms with Gasteiger partial charge in [0.25, 0.3) is 5.91 Å². The Bertz CT molecular complexity index is 474. The van der Waals surface area contributed by atoms with E-state index < -0.39 is 12.0 Å². The molecule has 4 nitrogen and oxygen atoms in total. The Morgan fingerprint density at radius 1 is 1.42 bits per heavy atom. The first-order valence-corrected chi connectivity index (χ1v) is 7.04. The molecule has 0 aliphatic rings. The first kappa shape index (κ1) is 15.7. The van der Waals surface area contributed by atoms with Gasteiger partial charge in [-0.1, -0.05) is 35.7 Å². The predicted molar refractivity (Wildman–Crippen MR) is 77.3 cm³/mol. The van der Waals surface area contributed by atoms with Crippen LogP contribution in [0.1, 0.15) is 42.1 Å². The van der Waals surface area contributed by atoms with Crippen molar-refractivity contribution in [1.29, 1.82) is 0 Å². The van der Waals surface area contributed by atoms with E-state index in [1.54, 1.807) is 12.1 Å². The topological polar surface area (TPSA) is 66.4 Å². The Kier molecular flexibility index (Phi) is 6.02. The maximum Gasteiger partial charge on any atom is 0.326 e. The molecule has 0 aliphatic heterocycles. The molecule has 0 aliphatic carbocycles. The number of carboxylic acids is 1. The molecule has 104 valence electrons. The molecule has 0 spiro atoms. The highest BCUT2D eigenvalue weighted by Crippen LogP contribution is 2.16. The van der Waals surface area contributed by atoms with Crippen molar-refractivity contribution in [1.82, 2.24) is 5.32 Å². The summed E-state index contributed by atoms with van der Waals surface area (Å²) in [6.07, 6.45) is 2.13. The molecule has 2 N–H and O–H groups in total. The van der Waals surface area contributed by atoms with Gasteiger partial charge in [0.05, 0.1) is 0 Å². The van der Waals surface area contributed by atoms with E-state index in [0.717, 1.165) is 22.9 Å². The molecule has 0 aromatic heterocycles. The lowest BCUT2D eigenvalue weighted by Crippen LogP contribution is -2.40.